The number of nitrogens with zero attached hydrogens (tertiary/aromatic N) is 1. The van der Waals surface area contributed by atoms with Gasteiger partial charge in [0, 0.05) is 24.0 Å². The van der Waals surface area contributed by atoms with E-state index in [1.165, 1.54) is 7.11 Å². The van der Waals surface area contributed by atoms with Crippen molar-refractivity contribution in [3.63, 3.8) is 0 Å². The van der Waals surface area contributed by atoms with Crippen molar-refractivity contribution in [2.75, 3.05) is 13.7 Å². The van der Waals surface area contributed by atoms with Crippen LogP contribution in [0.3, 0.4) is 0 Å². The quantitative estimate of drug-likeness (QED) is 0.800. The highest BCUT2D eigenvalue weighted by atomic mass is 19.4. The number of hydrogen-bond acceptors (Lipinski definition) is 6. The zero-order chi connectivity index (χ0) is 21.2. The molecule has 1 aromatic rings. The molecule has 154 valence electrons. The molecule has 0 fully saturated rings. The molecule has 1 heterocycles. The molecule has 0 radical (unpaired) electrons. The first-order valence-electron chi connectivity index (χ1n) is 8.90. The third-order valence-corrected chi connectivity index (χ3v) is 4.77. The van der Waals surface area contributed by atoms with E-state index >= 15 is 0 Å². The molecule has 1 aliphatic carbocycles. The van der Waals surface area contributed by atoms with Gasteiger partial charge in [-0.3, -0.25) is 4.79 Å². The van der Waals surface area contributed by atoms with Crippen molar-refractivity contribution in [2.45, 2.75) is 38.0 Å². The van der Waals surface area contributed by atoms with E-state index in [0.717, 1.165) is 0 Å². The number of hydrogen-bond donors (Lipinski definition) is 1. The Morgan fingerprint density at radius 2 is 2.10 bits per heavy atom. The number of ketones is 1. The lowest BCUT2D eigenvalue weighted by Gasteiger charge is -2.31. The molecule has 0 spiro atoms. The lowest BCUT2D eigenvalue weighted by Crippen LogP contribution is -2.27. The minimum Gasteiger partial charge on any atom is -0.496 e. The number of nitrogens with two attached hydrogens (primary N) is 1. The van der Waals surface area contributed by atoms with Crippen molar-refractivity contribution in [3.8, 4) is 11.8 Å². The number of halogens is 3. The number of nitriles is 1. The van der Waals surface area contributed by atoms with Crippen LogP contribution in [0.1, 0.15) is 36.3 Å². The molecular formula is C20H19F3N2O4. The Balaban J connectivity index is 2.01. The van der Waals surface area contributed by atoms with Gasteiger partial charge in [-0.25, -0.2) is 0 Å². The van der Waals surface area contributed by atoms with E-state index in [0.29, 0.717) is 47.5 Å². The number of methoxy groups -OCH3 is 1. The molecule has 2 N–H and O–H groups in total. The smallest absolute Gasteiger partial charge is 0.411 e. The molecule has 0 saturated heterocycles. The fourth-order valence-electron chi connectivity index (χ4n) is 3.56. The van der Waals surface area contributed by atoms with Crippen molar-refractivity contribution < 1.29 is 32.2 Å². The first kappa shape index (κ1) is 20.7. The van der Waals surface area contributed by atoms with Gasteiger partial charge in [-0.1, -0.05) is 6.07 Å². The van der Waals surface area contributed by atoms with Crippen molar-refractivity contribution in [1.82, 2.24) is 0 Å². The Kier molecular flexibility index (Phi) is 5.84. The van der Waals surface area contributed by atoms with Gasteiger partial charge in [0.1, 0.15) is 29.8 Å². The van der Waals surface area contributed by atoms with Gasteiger partial charge in [0.25, 0.3) is 0 Å². The van der Waals surface area contributed by atoms with Crippen LogP contribution in [0.15, 0.2) is 41.0 Å². The summed E-state index contributed by atoms with van der Waals surface area (Å²) in [4.78, 5) is 12.6. The maximum Gasteiger partial charge on any atom is 0.411 e. The zero-order valence-electron chi connectivity index (χ0n) is 15.6. The number of allylic oxidation sites excluding steroid dienone is 3. The minimum absolute atomic E-state index is 0.0726. The molecule has 0 unspecified atom stereocenters. The van der Waals surface area contributed by atoms with E-state index in [-0.39, 0.29) is 23.8 Å². The summed E-state index contributed by atoms with van der Waals surface area (Å²) >= 11 is 0. The number of alkyl halides is 3. The summed E-state index contributed by atoms with van der Waals surface area (Å²) in [7, 11) is 1.39. The van der Waals surface area contributed by atoms with Gasteiger partial charge in [-0.05, 0) is 24.1 Å². The molecule has 9 heteroatoms. The van der Waals surface area contributed by atoms with Crippen LogP contribution >= 0.6 is 0 Å². The predicted molar refractivity (Wildman–Crippen MR) is 95.2 cm³/mol. The number of Topliss-reactive ketones (excluding diaryl/α,β-unsaturated/α-hetero) is 1. The highest BCUT2D eigenvalue weighted by Crippen LogP contribution is 2.44. The summed E-state index contributed by atoms with van der Waals surface area (Å²) in [5, 5.41) is 9.59. The SMILES string of the molecule is COc1ccc([C@H]2C(C#N)=C(N)OC3=C2C(=O)CCC3)cc1COCC(F)(F)F. The van der Waals surface area contributed by atoms with Gasteiger partial charge < -0.3 is 19.9 Å². The van der Waals surface area contributed by atoms with Crippen LogP contribution in [0, 0.1) is 11.3 Å². The summed E-state index contributed by atoms with van der Waals surface area (Å²) in [6, 6.07) is 6.79. The first-order chi connectivity index (χ1) is 13.7. The average Bonchev–Trinajstić information content (AvgIpc) is 2.66. The van der Waals surface area contributed by atoms with Gasteiger partial charge in [-0.15, -0.1) is 0 Å². The Morgan fingerprint density at radius 1 is 1.34 bits per heavy atom. The summed E-state index contributed by atoms with van der Waals surface area (Å²) in [5.74, 6) is -0.182. The van der Waals surface area contributed by atoms with Crippen LogP contribution < -0.4 is 10.5 Å². The molecular weight excluding hydrogens is 389 g/mol. The Morgan fingerprint density at radius 3 is 2.76 bits per heavy atom. The third-order valence-electron chi connectivity index (χ3n) is 4.77. The minimum atomic E-state index is -4.45. The molecule has 1 aromatic carbocycles. The number of carbonyl (C=O) groups is 1. The third kappa shape index (κ3) is 4.38. The number of rotatable bonds is 5. The van der Waals surface area contributed by atoms with Crippen molar-refractivity contribution in [3.05, 3.63) is 52.1 Å². The average molecular weight is 408 g/mol. The van der Waals surface area contributed by atoms with Crippen LogP contribution in [-0.2, 0) is 20.9 Å². The van der Waals surface area contributed by atoms with Crippen LogP contribution in [0.5, 0.6) is 5.75 Å². The Hall–Kier alpha value is -2.99. The predicted octanol–water partition coefficient (Wildman–Crippen LogP) is 3.59. The first-order valence-corrected chi connectivity index (χ1v) is 8.90. The highest BCUT2D eigenvalue weighted by Gasteiger charge is 2.38. The van der Waals surface area contributed by atoms with Crippen LogP contribution in [-0.4, -0.2) is 25.7 Å². The molecule has 2 aliphatic rings. The summed E-state index contributed by atoms with van der Waals surface area (Å²) in [6.45, 7) is -1.75. The molecule has 0 aromatic heterocycles. The largest absolute Gasteiger partial charge is 0.496 e. The second-order valence-corrected chi connectivity index (χ2v) is 6.72. The fourth-order valence-corrected chi connectivity index (χ4v) is 3.56. The molecule has 0 bridgehead atoms. The lowest BCUT2D eigenvalue weighted by atomic mass is 9.77. The van der Waals surface area contributed by atoms with Crippen LogP contribution in [0.2, 0.25) is 0 Å². The van der Waals surface area contributed by atoms with Crippen molar-refractivity contribution in [2.24, 2.45) is 5.73 Å². The van der Waals surface area contributed by atoms with E-state index in [4.69, 9.17) is 19.9 Å². The molecule has 0 saturated carbocycles. The van der Waals surface area contributed by atoms with Crippen LogP contribution in [0.4, 0.5) is 13.2 Å². The molecule has 1 atom stereocenters. The van der Waals surface area contributed by atoms with E-state index in [9.17, 15) is 23.2 Å². The Labute approximate surface area is 165 Å². The maximum absolute atomic E-state index is 12.6. The number of benzene rings is 1. The monoisotopic (exact) mass is 408 g/mol. The fraction of sp³-hybridized carbons (Fsp3) is 0.400. The summed E-state index contributed by atoms with van der Waals surface area (Å²) in [6.07, 6.45) is -2.98. The molecule has 0 amide bonds. The van der Waals surface area contributed by atoms with E-state index in [1.807, 2.05) is 6.07 Å². The summed E-state index contributed by atoms with van der Waals surface area (Å²) < 4.78 is 52.7. The molecule has 1 aliphatic heterocycles. The van der Waals surface area contributed by atoms with Gasteiger partial charge in [0.05, 0.1) is 19.6 Å². The second-order valence-electron chi connectivity index (χ2n) is 6.72. The molecule has 29 heavy (non-hydrogen) atoms. The van der Waals surface area contributed by atoms with Crippen molar-refractivity contribution in [1.29, 1.82) is 5.26 Å². The van der Waals surface area contributed by atoms with E-state index in [1.54, 1.807) is 18.2 Å². The molecule has 6 nitrogen and oxygen atoms in total. The second kappa shape index (κ2) is 8.17. The number of ether oxygens (including phenoxy) is 3. The Bertz CT molecular complexity index is 929. The standard InChI is InChI=1S/C20H19F3N2O4/c1-27-15-6-5-11(7-12(15)9-28-10-20(21,22)23)17-13(8-24)19(25)29-16-4-2-3-14(26)18(16)17/h5-7,17H,2-4,9-10,25H2,1H3/t17-/m0/s1. The number of carbonyl (C=O) groups excluding carboxylic acids is 1. The van der Waals surface area contributed by atoms with Crippen LogP contribution in [0.25, 0.3) is 0 Å². The molecule has 3 rings (SSSR count). The lowest BCUT2D eigenvalue weighted by molar-refractivity contribution is -0.176. The van der Waals surface area contributed by atoms with Gasteiger partial charge in [-0.2, -0.15) is 18.4 Å². The van der Waals surface area contributed by atoms with Gasteiger partial charge >= 0.3 is 6.18 Å². The van der Waals surface area contributed by atoms with E-state index in [2.05, 4.69) is 0 Å². The normalized spacial score (nSPS) is 19.6. The topological polar surface area (TPSA) is 94.6 Å². The zero-order valence-corrected chi connectivity index (χ0v) is 15.6. The summed E-state index contributed by atoms with van der Waals surface area (Å²) in [5.41, 5.74) is 7.26. The maximum atomic E-state index is 12.6. The van der Waals surface area contributed by atoms with Gasteiger partial charge in [0.2, 0.25) is 5.88 Å². The van der Waals surface area contributed by atoms with Gasteiger partial charge in [0.15, 0.2) is 5.78 Å². The highest BCUT2D eigenvalue weighted by molar-refractivity contribution is 5.99. The van der Waals surface area contributed by atoms with E-state index < -0.39 is 18.7 Å². The van der Waals surface area contributed by atoms with Crippen molar-refractivity contribution >= 4 is 5.78 Å².